The van der Waals surface area contributed by atoms with Gasteiger partial charge in [-0.15, -0.1) is 0 Å². The van der Waals surface area contributed by atoms with E-state index in [-0.39, 0.29) is 12.5 Å². The van der Waals surface area contributed by atoms with Crippen LogP contribution in [0.15, 0.2) is 59.3 Å². The standard InChI is InChI=1S/C23H40N8O2/c1-15(2)17(5)11-19(33-25)14-26-18(6)27-23(32-10-9-31(7)8)13-21(24)28-22-12-20(16(3)4)29-30-22/h11-13,15-16,26H,5-6,9-10,14,24-25H2,1-4,7-8H3,(H2,28,29,30)/b19-11-,21-13+,27-23+. The van der Waals surface area contributed by atoms with E-state index in [1.807, 2.05) is 38.9 Å². The van der Waals surface area contributed by atoms with Gasteiger partial charge in [0, 0.05) is 24.4 Å². The molecule has 1 aromatic rings. The minimum absolute atomic E-state index is 0.278. The average molecular weight is 461 g/mol. The first-order valence-corrected chi connectivity index (χ1v) is 10.9. The van der Waals surface area contributed by atoms with Gasteiger partial charge in [0.05, 0.1) is 6.54 Å². The lowest BCUT2D eigenvalue weighted by atomic mass is 10.0. The molecular weight excluding hydrogens is 420 g/mol. The van der Waals surface area contributed by atoms with Crippen LogP contribution in [0.25, 0.3) is 0 Å². The SMILES string of the molecule is C=C(/N=C(\C=C(/N)Nc1cc(C(C)C)[nH]n1)OCCN(C)C)NC/C(=C/C(=C)C(C)C)ON. The third-order valence-corrected chi connectivity index (χ3v) is 4.51. The number of aromatic amines is 1. The molecule has 0 radical (unpaired) electrons. The number of hydrogen-bond donors (Lipinski definition) is 5. The summed E-state index contributed by atoms with van der Waals surface area (Å²) in [5, 5.41) is 13.3. The van der Waals surface area contributed by atoms with Crippen LogP contribution in [0.2, 0.25) is 0 Å². The molecule has 33 heavy (non-hydrogen) atoms. The van der Waals surface area contributed by atoms with Gasteiger partial charge >= 0.3 is 0 Å². The Balaban J connectivity index is 2.90. The Hall–Kier alpha value is -3.24. The summed E-state index contributed by atoms with van der Waals surface area (Å²) >= 11 is 0. The van der Waals surface area contributed by atoms with Crippen LogP contribution in [0.1, 0.15) is 39.3 Å². The van der Waals surface area contributed by atoms with Gasteiger partial charge in [-0.25, -0.2) is 0 Å². The normalized spacial score (nSPS) is 13.0. The van der Waals surface area contributed by atoms with Gasteiger partial charge < -0.3 is 30.8 Å². The Kier molecular flexibility index (Phi) is 11.8. The summed E-state index contributed by atoms with van der Waals surface area (Å²) in [6.45, 7) is 17.6. The maximum absolute atomic E-state index is 6.15. The summed E-state index contributed by atoms with van der Waals surface area (Å²) in [5.41, 5.74) is 8.05. The van der Waals surface area contributed by atoms with Gasteiger partial charge in [-0.3, -0.25) is 5.10 Å². The third-order valence-electron chi connectivity index (χ3n) is 4.51. The molecule has 0 aliphatic carbocycles. The number of nitrogens with two attached hydrogens (primary N) is 2. The van der Waals surface area contributed by atoms with Crippen LogP contribution >= 0.6 is 0 Å². The molecule has 0 unspecified atom stereocenters. The fourth-order valence-corrected chi connectivity index (χ4v) is 2.31. The Morgan fingerprint density at radius 3 is 2.52 bits per heavy atom. The fourth-order valence-electron chi connectivity index (χ4n) is 2.31. The van der Waals surface area contributed by atoms with Crippen molar-refractivity contribution in [1.29, 1.82) is 0 Å². The molecule has 0 aliphatic heterocycles. The minimum atomic E-state index is 0.278. The maximum atomic E-state index is 6.15. The molecule has 0 bridgehead atoms. The second-order valence-corrected chi connectivity index (χ2v) is 8.45. The van der Waals surface area contributed by atoms with Crippen molar-refractivity contribution in [2.45, 2.75) is 33.6 Å². The van der Waals surface area contributed by atoms with Crippen molar-refractivity contribution in [3.8, 4) is 0 Å². The first kappa shape index (κ1) is 27.8. The maximum Gasteiger partial charge on any atom is 0.218 e. The second-order valence-electron chi connectivity index (χ2n) is 8.45. The Labute approximate surface area is 197 Å². The average Bonchev–Trinajstić information content (AvgIpc) is 3.19. The number of rotatable bonds is 14. The number of aliphatic imine (C=N–C) groups is 1. The first-order valence-electron chi connectivity index (χ1n) is 10.9. The Morgan fingerprint density at radius 1 is 1.27 bits per heavy atom. The highest BCUT2D eigenvalue weighted by molar-refractivity contribution is 5.89. The van der Waals surface area contributed by atoms with Gasteiger partial charge in [-0.2, -0.15) is 16.0 Å². The summed E-state index contributed by atoms with van der Waals surface area (Å²) in [6.07, 6.45) is 3.38. The van der Waals surface area contributed by atoms with Gasteiger partial charge in [0.1, 0.15) is 24.0 Å². The molecule has 7 N–H and O–H groups in total. The predicted octanol–water partition coefficient (Wildman–Crippen LogP) is 2.77. The van der Waals surface area contributed by atoms with Gasteiger partial charge in [0.2, 0.25) is 5.90 Å². The lowest BCUT2D eigenvalue weighted by Gasteiger charge is -2.13. The molecule has 0 atom stereocenters. The number of ether oxygens (including phenoxy) is 1. The van der Waals surface area contributed by atoms with Crippen molar-refractivity contribution >= 4 is 11.7 Å². The van der Waals surface area contributed by atoms with E-state index in [2.05, 4.69) is 52.8 Å². The fraction of sp³-hybridized carbons (Fsp3) is 0.478. The lowest BCUT2D eigenvalue weighted by Crippen LogP contribution is -2.22. The summed E-state index contributed by atoms with van der Waals surface area (Å²) in [4.78, 5) is 11.3. The second kappa shape index (κ2) is 14.0. The Morgan fingerprint density at radius 2 is 1.97 bits per heavy atom. The van der Waals surface area contributed by atoms with Crippen LogP contribution < -0.4 is 22.3 Å². The number of H-pyrrole nitrogens is 1. The largest absolute Gasteiger partial charge is 0.476 e. The van der Waals surface area contributed by atoms with Crippen LogP contribution in [-0.4, -0.2) is 54.8 Å². The quantitative estimate of drug-likeness (QED) is 0.0939. The molecule has 0 spiro atoms. The highest BCUT2D eigenvalue weighted by atomic mass is 16.6. The summed E-state index contributed by atoms with van der Waals surface area (Å²) in [7, 11) is 3.92. The van der Waals surface area contributed by atoms with E-state index >= 15 is 0 Å². The summed E-state index contributed by atoms with van der Waals surface area (Å²) < 4.78 is 5.80. The number of hydrogen-bond acceptors (Lipinski definition) is 9. The first-order chi connectivity index (χ1) is 15.5. The van der Waals surface area contributed by atoms with Crippen LogP contribution in [-0.2, 0) is 9.57 Å². The molecule has 1 rings (SSSR count). The minimum Gasteiger partial charge on any atom is -0.476 e. The van der Waals surface area contributed by atoms with E-state index in [9.17, 15) is 0 Å². The monoisotopic (exact) mass is 460 g/mol. The molecule has 1 aromatic heterocycles. The lowest BCUT2D eigenvalue weighted by molar-refractivity contribution is 0.213. The predicted molar refractivity (Wildman–Crippen MR) is 135 cm³/mol. The van der Waals surface area contributed by atoms with Gasteiger partial charge in [-0.05, 0) is 37.6 Å². The van der Waals surface area contributed by atoms with E-state index < -0.39 is 0 Å². The molecule has 0 aliphatic rings. The number of likely N-dealkylation sites (N-methyl/N-ethyl adjacent to an activating group) is 1. The number of aromatic nitrogens is 2. The van der Waals surface area contributed by atoms with Crippen LogP contribution in [0.5, 0.6) is 0 Å². The van der Waals surface area contributed by atoms with E-state index in [0.29, 0.717) is 48.2 Å². The van der Waals surface area contributed by atoms with Crippen molar-refractivity contribution in [1.82, 2.24) is 20.4 Å². The van der Waals surface area contributed by atoms with E-state index in [4.69, 9.17) is 21.2 Å². The molecule has 0 amide bonds. The molecule has 10 nitrogen and oxygen atoms in total. The van der Waals surface area contributed by atoms with E-state index in [1.165, 1.54) is 0 Å². The third kappa shape index (κ3) is 11.3. The number of allylic oxidation sites excluding steroid dienone is 2. The molecule has 0 saturated carbocycles. The zero-order valence-corrected chi connectivity index (χ0v) is 20.7. The van der Waals surface area contributed by atoms with Gasteiger partial charge in [0.25, 0.3) is 0 Å². The van der Waals surface area contributed by atoms with E-state index in [1.54, 1.807) is 12.2 Å². The van der Waals surface area contributed by atoms with Crippen LogP contribution in [0.3, 0.4) is 0 Å². The molecule has 1 heterocycles. The van der Waals surface area contributed by atoms with Crippen molar-refractivity contribution in [2.24, 2.45) is 22.5 Å². The molecule has 0 fully saturated rings. The Bertz CT molecular complexity index is 866. The number of nitrogens with zero attached hydrogens (tertiary/aromatic N) is 3. The molecular formula is C23H40N8O2. The smallest absolute Gasteiger partial charge is 0.218 e. The summed E-state index contributed by atoms with van der Waals surface area (Å²) in [6, 6.07) is 1.90. The zero-order chi connectivity index (χ0) is 25.0. The highest BCUT2D eigenvalue weighted by Gasteiger charge is 2.08. The molecule has 0 aromatic carbocycles. The summed E-state index contributed by atoms with van der Waals surface area (Å²) in [5.74, 6) is 8.08. The van der Waals surface area contributed by atoms with Crippen LogP contribution in [0, 0.1) is 5.92 Å². The molecule has 184 valence electrons. The number of anilines is 1. The van der Waals surface area contributed by atoms with Gasteiger partial charge in [-0.1, -0.05) is 40.9 Å². The highest BCUT2D eigenvalue weighted by Crippen LogP contribution is 2.15. The van der Waals surface area contributed by atoms with Gasteiger partial charge in [0.15, 0.2) is 5.82 Å². The van der Waals surface area contributed by atoms with E-state index in [0.717, 1.165) is 11.3 Å². The van der Waals surface area contributed by atoms with Crippen molar-refractivity contribution in [3.05, 3.63) is 60.0 Å². The molecule has 10 heteroatoms. The number of nitrogens with one attached hydrogen (secondary N) is 3. The van der Waals surface area contributed by atoms with Crippen molar-refractivity contribution in [2.75, 3.05) is 39.1 Å². The zero-order valence-electron chi connectivity index (χ0n) is 20.7. The molecule has 0 saturated heterocycles. The van der Waals surface area contributed by atoms with Crippen molar-refractivity contribution in [3.63, 3.8) is 0 Å². The van der Waals surface area contributed by atoms with Crippen LogP contribution in [0.4, 0.5) is 5.82 Å². The topological polar surface area (TPSA) is 139 Å². The van der Waals surface area contributed by atoms with Crippen molar-refractivity contribution < 1.29 is 9.57 Å².